The van der Waals surface area contributed by atoms with Gasteiger partial charge in [0.15, 0.2) is 11.5 Å². The number of rotatable bonds is 9. The van der Waals surface area contributed by atoms with Crippen molar-refractivity contribution in [2.45, 2.75) is 51.5 Å². The van der Waals surface area contributed by atoms with Crippen molar-refractivity contribution >= 4 is 11.8 Å². The summed E-state index contributed by atoms with van der Waals surface area (Å²) < 4.78 is 11.8. The lowest BCUT2D eigenvalue weighted by atomic mass is 9.75. The van der Waals surface area contributed by atoms with Crippen molar-refractivity contribution in [2.24, 2.45) is 0 Å². The Balaban J connectivity index is 1.47. The van der Waals surface area contributed by atoms with Gasteiger partial charge >= 0.3 is 0 Å². The molecule has 3 aliphatic heterocycles. The fourth-order valence-corrected chi connectivity index (χ4v) is 5.98. The first-order valence-corrected chi connectivity index (χ1v) is 13.4. The van der Waals surface area contributed by atoms with E-state index >= 15 is 0 Å². The molecule has 1 fully saturated rings. The molecule has 0 spiro atoms. The number of hydrogen-bond acceptors (Lipinski definition) is 5. The number of carbonyl (C=O) groups is 2. The van der Waals surface area contributed by atoms with Crippen molar-refractivity contribution in [1.82, 2.24) is 15.1 Å². The molecule has 36 heavy (non-hydrogen) atoms. The van der Waals surface area contributed by atoms with Crippen molar-refractivity contribution < 1.29 is 19.1 Å². The Bertz CT molecular complexity index is 1110. The first-order chi connectivity index (χ1) is 17.6. The second kappa shape index (κ2) is 10.9. The van der Waals surface area contributed by atoms with Gasteiger partial charge in [0.05, 0.1) is 25.2 Å². The Hall–Kier alpha value is -3.06. The first-order valence-electron chi connectivity index (χ1n) is 13.4. The van der Waals surface area contributed by atoms with Crippen LogP contribution < -0.4 is 14.8 Å². The average Bonchev–Trinajstić information content (AvgIpc) is 3.41. The zero-order valence-electron chi connectivity index (χ0n) is 21.4. The van der Waals surface area contributed by atoms with Crippen LogP contribution in [-0.4, -0.2) is 67.6 Å². The highest BCUT2D eigenvalue weighted by molar-refractivity contribution is 6.01. The summed E-state index contributed by atoms with van der Waals surface area (Å²) in [7, 11) is 0. The Morgan fingerprint density at radius 1 is 1.00 bits per heavy atom. The van der Waals surface area contributed by atoms with Crippen LogP contribution >= 0.6 is 0 Å². The Labute approximate surface area is 213 Å². The van der Waals surface area contributed by atoms with E-state index in [4.69, 9.17) is 9.47 Å². The molecule has 2 aromatic rings. The summed E-state index contributed by atoms with van der Waals surface area (Å²) in [5.74, 6) is 0.877. The minimum absolute atomic E-state index is 0.00817. The molecule has 0 radical (unpaired) electrons. The van der Waals surface area contributed by atoms with Gasteiger partial charge in [-0.05, 0) is 94.1 Å². The molecule has 0 bridgehead atoms. The van der Waals surface area contributed by atoms with Crippen LogP contribution in [0.1, 0.15) is 72.1 Å². The minimum Gasteiger partial charge on any atom is -0.490 e. The third kappa shape index (κ3) is 4.69. The highest BCUT2D eigenvalue weighted by atomic mass is 16.5. The molecule has 5 rings (SSSR count). The Kier molecular flexibility index (Phi) is 7.46. The van der Waals surface area contributed by atoms with E-state index in [1.165, 1.54) is 12.8 Å². The van der Waals surface area contributed by atoms with Crippen LogP contribution in [0.25, 0.3) is 0 Å². The first kappa shape index (κ1) is 24.6. The lowest BCUT2D eigenvalue weighted by molar-refractivity contribution is -0.124. The smallest absolute Gasteiger partial charge is 0.254 e. The summed E-state index contributed by atoms with van der Waals surface area (Å²) in [6.45, 7) is 9.49. The number of ether oxygens (including phenoxy) is 2. The molecule has 0 saturated carbocycles. The van der Waals surface area contributed by atoms with Gasteiger partial charge in [-0.25, -0.2) is 0 Å². The highest BCUT2D eigenvalue weighted by Gasteiger charge is 2.46. The van der Waals surface area contributed by atoms with Gasteiger partial charge in [-0.3, -0.25) is 9.59 Å². The van der Waals surface area contributed by atoms with Crippen LogP contribution in [0.2, 0.25) is 0 Å². The monoisotopic (exact) mass is 491 g/mol. The predicted molar refractivity (Wildman–Crippen MR) is 139 cm³/mol. The number of nitrogens with one attached hydrogen (secondary N) is 1. The van der Waals surface area contributed by atoms with Gasteiger partial charge in [0, 0.05) is 18.7 Å². The summed E-state index contributed by atoms with van der Waals surface area (Å²) in [5, 5.41) is 3.21. The van der Waals surface area contributed by atoms with Crippen molar-refractivity contribution in [1.29, 1.82) is 0 Å². The van der Waals surface area contributed by atoms with Crippen molar-refractivity contribution in [3.63, 3.8) is 0 Å². The number of amides is 2. The van der Waals surface area contributed by atoms with E-state index in [2.05, 4.69) is 10.2 Å². The summed E-state index contributed by atoms with van der Waals surface area (Å²) in [6.07, 6.45) is 4.18. The number of benzene rings is 2. The molecule has 2 aromatic carbocycles. The van der Waals surface area contributed by atoms with Crippen LogP contribution in [0.15, 0.2) is 36.4 Å². The van der Waals surface area contributed by atoms with E-state index in [-0.39, 0.29) is 17.9 Å². The number of likely N-dealkylation sites (tertiary alicyclic amines) is 1. The molecule has 3 heterocycles. The second-order valence-corrected chi connectivity index (χ2v) is 9.82. The molecule has 7 heteroatoms. The maximum absolute atomic E-state index is 13.8. The van der Waals surface area contributed by atoms with E-state index < -0.39 is 5.92 Å². The van der Waals surface area contributed by atoms with Crippen LogP contribution in [0, 0.1) is 0 Å². The van der Waals surface area contributed by atoms with Crippen molar-refractivity contribution in [2.75, 3.05) is 45.9 Å². The van der Waals surface area contributed by atoms with Gasteiger partial charge in [0.2, 0.25) is 5.91 Å². The van der Waals surface area contributed by atoms with Gasteiger partial charge in [-0.2, -0.15) is 0 Å². The molecule has 0 aromatic heterocycles. The molecule has 1 saturated heterocycles. The Morgan fingerprint density at radius 3 is 2.47 bits per heavy atom. The fraction of sp³-hybridized carbons (Fsp3) is 0.517. The highest BCUT2D eigenvalue weighted by Crippen LogP contribution is 2.48. The van der Waals surface area contributed by atoms with Crippen molar-refractivity contribution in [3.05, 3.63) is 58.7 Å². The van der Waals surface area contributed by atoms with Gasteiger partial charge in [-0.15, -0.1) is 0 Å². The van der Waals surface area contributed by atoms with Gasteiger partial charge < -0.3 is 24.6 Å². The number of carbonyl (C=O) groups excluding carboxylic acids is 2. The standard InChI is InChI=1S/C29H37N3O4/c1-3-35-24-18-20-12-17-32-27(23(20)19-25(24)36-4-2)26(21-10-5-6-11-22(21)29(32)34)28(33)30-13-9-16-31-14-7-8-15-31/h5-6,10-11,18-19,26-27H,3-4,7-9,12-17H2,1-2H3,(H,30,33). The summed E-state index contributed by atoms with van der Waals surface area (Å²) in [5.41, 5.74) is 3.53. The van der Waals surface area contributed by atoms with E-state index in [0.29, 0.717) is 37.6 Å². The summed E-state index contributed by atoms with van der Waals surface area (Å²) in [4.78, 5) is 31.7. The normalized spacial score (nSPS) is 20.9. The molecule has 2 amide bonds. The van der Waals surface area contributed by atoms with Crippen LogP contribution in [-0.2, 0) is 11.2 Å². The minimum atomic E-state index is -0.475. The van der Waals surface area contributed by atoms with E-state index in [9.17, 15) is 9.59 Å². The van der Waals surface area contributed by atoms with E-state index in [1.807, 2.05) is 55.1 Å². The SMILES string of the molecule is CCOc1cc2c(cc1OCC)C1C(C(=O)NCCCN3CCCC3)c3ccccc3C(=O)N1CC2. The predicted octanol–water partition coefficient (Wildman–Crippen LogP) is 3.92. The molecule has 7 nitrogen and oxygen atoms in total. The Morgan fingerprint density at radius 2 is 1.72 bits per heavy atom. The molecular formula is C29H37N3O4. The summed E-state index contributed by atoms with van der Waals surface area (Å²) in [6, 6.07) is 11.2. The molecule has 0 aliphatic carbocycles. The zero-order valence-corrected chi connectivity index (χ0v) is 21.4. The van der Waals surface area contributed by atoms with Gasteiger partial charge in [-0.1, -0.05) is 18.2 Å². The summed E-state index contributed by atoms with van der Waals surface area (Å²) >= 11 is 0. The van der Waals surface area contributed by atoms with Crippen LogP contribution in [0.4, 0.5) is 0 Å². The maximum atomic E-state index is 13.8. The lowest BCUT2D eigenvalue weighted by Crippen LogP contribution is -2.50. The van der Waals surface area contributed by atoms with Crippen molar-refractivity contribution in [3.8, 4) is 11.5 Å². The fourth-order valence-electron chi connectivity index (χ4n) is 5.98. The number of fused-ring (bicyclic) bond motifs is 4. The second-order valence-electron chi connectivity index (χ2n) is 9.82. The molecule has 2 atom stereocenters. The molecule has 3 aliphatic rings. The van der Waals surface area contributed by atoms with E-state index in [1.54, 1.807) is 0 Å². The maximum Gasteiger partial charge on any atom is 0.254 e. The zero-order chi connectivity index (χ0) is 25.1. The third-order valence-electron chi connectivity index (χ3n) is 7.62. The third-order valence-corrected chi connectivity index (χ3v) is 7.62. The molecular weight excluding hydrogens is 454 g/mol. The van der Waals surface area contributed by atoms with E-state index in [0.717, 1.165) is 54.9 Å². The van der Waals surface area contributed by atoms with Gasteiger partial charge in [0.1, 0.15) is 0 Å². The van der Waals surface area contributed by atoms with Crippen LogP contribution in [0.5, 0.6) is 11.5 Å². The lowest BCUT2D eigenvalue weighted by Gasteiger charge is -2.45. The van der Waals surface area contributed by atoms with Gasteiger partial charge in [0.25, 0.3) is 5.91 Å². The molecule has 192 valence electrons. The topological polar surface area (TPSA) is 71.1 Å². The number of hydrogen-bond donors (Lipinski definition) is 1. The average molecular weight is 492 g/mol. The quantitative estimate of drug-likeness (QED) is 0.539. The van der Waals surface area contributed by atoms with Crippen LogP contribution in [0.3, 0.4) is 0 Å². The number of nitrogens with zero attached hydrogens (tertiary/aromatic N) is 2. The molecule has 2 unspecified atom stereocenters. The molecule has 1 N–H and O–H groups in total. The largest absolute Gasteiger partial charge is 0.490 e.